The van der Waals surface area contributed by atoms with Crippen molar-refractivity contribution < 1.29 is 0 Å². The summed E-state index contributed by atoms with van der Waals surface area (Å²) in [5.41, 5.74) is 8.01. The van der Waals surface area contributed by atoms with Crippen molar-refractivity contribution in [1.29, 1.82) is 0 Å². The Morgan fingerprint density at radius 1 is 1.10 bits per heavy atom. The monoisotopic (exact) mass is 267 g/mol. The van der Waals surface area contributed by atoms with Crippen LogP contribution < -0.4 is 5.73 Å². The molecule has 0 aromatic heterocycles. The van der Waals surface area contributed by atoms with E-state index in [1.165, 1.54) is 35.6 Å². The molecule has 0 amide bonds. The average Bonchev–Trinajstić information content (AvgIpc) is 2.46. The van der Waals surface area contributed by atoms with Gasteiger partial charge in [0.25, 0.3) is 0 Å². The molecule has 0 heterocycles. The Kier molecular flexibility index (Phi) is 3.55. The van der Waals surface area contributed by atoms with Crippen molar-refractivity contribution in [2.75, 3.05) is 6.54 Å². The molecule has 1 fully saturated rings. The van der Waals surface area contributed by atoms with E-state index in [1.807, 2.05) is 0 Å². The minimum absolute atomic E-state index is 0.438. The van der Waals surface area contributed by atoms with Gasteiger partial charge in [0.1, 0.15) is 0 Å². The summed E-state index contributed by atoms with van der Waals surface area (Å²) in [5.74, 6) is 1.24. The first kappa shape index (κ1) is 13.6. The highest BCUT2D eigenvalue weighted by atomic mass is 14.6. The fourth-order valence-electron chi connectivity index (χ4n) is 3.86. The predicted octanol–water partition coefficient (Wildman–Crippen LogP) is 4.71. The third-order valence-electron chi connectivity index (χ3n) is 5.06. The van der Waals surface area contributed by atoms with E-state index in [-0.39, 0.29) is 0 Å². The molecule has 1 heteroatoms. The molecule has 106 valence electrons. The van der Waals surface area contributed by atoms with Crippen LogP contribution in [-0.2, 0) is 0 Å². The fourth-order valence-corrected chi connectivity index (χ4v) is 3.86. The standard InChI is InChI=1S/C19H25N/c1-19(2)11-10-15(13-20)18(12-19)17-9-5-7-14-6-3-4-8-16(14)17/h3-9,15,18H,10-13,20H2,1-2H3. The molecule has 1 aliphatic carbocycles. The van der Waals surface area contributed by atoms with Crippen LogP contribution in [0.4, 0.5) is 0 Å². The second-order valence-corrected chi connectivity index (χ2v) is 7.08. The van der Waals surface area contributed by atoms with E-state index in [1.54, 1.807) is 0 Å². The quantitative estimate of drug-likeness (QED) is 0.838. The van der Waals surface area contributed by atoms with Crippen LogP contribution in [-0.4, -0.2) is 6.54 Å². The lowest BCUT2D eigenvalue weighted by Gasteiger charge is -2.41. The van der Waals surface area contributed by atoms with Crippen LogP contribution in [0.25, 0.3) is 10.8 Å². The lowest BCUT2D eigenvalue weighted by molar-refractivity contribution is 0.166. The van der Waals surface area contributed by atoms with Gasteiger partial charge in [-0.1, -0.05) is 56.3 Å². The molecule has 2 atom stereocenters. The van der Waals surface area contributed by atoms with Crippen LogP contribution in [0.5, 0.6) is 0 Å². The highest BCUT2D eigenvalue weighted by molar-refractivity contribution is 5.86. The van der Waals surface area contributed by atoms with Crippen LogP contribution in [0.3, 0.4) is 0 Å². The number of nitrogens with two attached hydrogens (primary N) is 1. The molecule has 20 heavy (non-hydrogen) atoms. The van der Waals surface area contributed by atoms with Crippen molar-refractivity contribution in [2.45, 2.75) is 39.0 Å². The number of hydrogen-bond acceptors (Lipinski definition) is 1. The summed E-state index contributed by atoms with van der Waals surface area (Å²) in [6, 6.07) is 15.5. The predicted molar refractivity (Wildman–Crippen MR) is 86.9 cm³/mol. The van der Waals surface area contributed by atoms with Crippen LogP contribution >= 0.6 is 0 Å². The molecule has 0 aliphatic heterocycles. The maximum absolute atomic E-state index is 6.06. The maximum Gasteiger partial charge on any atom is -0.00430 e. The van der Waals surface area contributed by atoms with E-state index in [4.69, 9.17) is 5.73 Å². The second kappa shape index (κ2) is 5.21. The summed E-state index contributed by atoms with van der Waals surface area (Å²) < 4.78 is 0. The number of fused-ring (bicyclic) bond motifs is 1. The highest BCUT2D eigenvalue weighted by Crippen LogP contribution is 2.47. The SMILES string of the molecule is CC1(C)CCC(CN)C(c2cccc3ccccc23)C1. The van der Waals surface area contributed by atoms with Gasteiger partial charge in [0.05, 0.1) is 0 Å². The van der Waals surface area contributed by atoms with Crippen LogP contribution in [0.1, 0.15) is 44.6 Å². The first-order valence-corrected chi connectivity index (χ1v) is 7.78. The van der Waals surface area contributed by atoms with Gasteiger partial charge in [-0.15, -0.1) is 0 Å². The Bertz CT molecular complexity index is 594. The van der Waals surface area contributed by atoms with Gasteiger partial charge in [-0.2, -0.15) is 0 Å². The largest absolute Gasteiger partial charge is 0.330 e. The Balaban J connectivity index is 2.07. The first-order chi connectivity index (χ1) is 9.61. The summed E-state index contributed by atoms with van der Waals surface area (Å²) in [4.78, 5) is 0. The van der Waals surface area contributed by atoms with Crippen molar-refractivity contribution in [2.24, 2.45) is 17.1 Å². The van der Waals surface area contributed by atoms with Gasteiger partial charge >= 0.3 is 0 Å². The number of benzene rings is 2. The fraction of sp³-hybridized carbons (Fsp3) is 0.474. The van der Waals surface area contributed by atoms with Gasteiger partial charge in [0, 0.05) is 0 Å². The van der Waals surface area contributed by atoms with Crippen LogP contribution in [0, 0.1) is 11.3 Å². The zero-order chi connectivity index (χ0) is 14.2. The molecule has 2 aromatic carbocycles. The molecule has 1 aliphatic rings. The van der Waals surface area contributed by atoms with Crippen LogP contribution in [0.15, 0.2) is 42.5 Å². The van der Waals surface area contributed by atoms with Gasteiger partial charge in [0.2, 0.25) is 0 Å². The van der Waals surface area contributed by atoms with Crippen molar-refractivity contribution in [3.8, 4) is 0 Å². The number of hydrogen-bond donors (Lipinski definition) is 1. The Hall–Kier alpha value is -1.34. The maximum atomic E-state index is 6.06. The van der Waals surface area contributed by atoms with E-state index < -0.39 is 0 Å². The molecule has 0 bridgehead atoms. The summed E-state index contributed by atoms with van der Waals surface area (Å²) in [7, 11) is 0. The zero-order valence-corrected chi connectivity index (χ0v) is 12.6. The molecule has 0 radical (unpaired) electrons. The van der Waals surface area contributed by atoms with Crippen molar-refractivity contribution in [3.05, 3.63) is 48.0 Å². The molecule has 1 saturated carbocycles. The van der Waals surface area contributed by atoms with E-state index in [2.05, 4.69) is 56.3 Å². The summed E-state index contributed by atoms with van der Waals surface area (Å²) in [5, 5.41) is 2.76. The van der Waals surface area contributed by atoms with E-state index in [9.17, 15) is 0 Å². The molecule has 0 spiro atoms. The van der Waals surface area contributed by atoms with Gasteiger partial charge in [0.15, 0.2) is 0 Å². The lowest BCUT2D eigenvalue weighted by Crippen LogP contribution is -2.32. The van der Waals surface area contributed by atoms with Gasteiger partial charge in [-0.3, -0.25) is 0 Å². The highest BCUT2D eigenvalue weighted by Gasteiger charge is 2.35. The molecule has 2 N–H and O–H groups in total. The summed E-state index contributed by atoms with van der Waals surface area (Å²) >= 11 is 0. The first-order valence-electron chi connectivity index (χ1n) is 7.78. The van der Waals surface area contributed by atoms with Gasteiger partial charge in [-0.05, 0) is 59.4 Å². The minimum atomic E-state index is 0.438. The van der Waals surface area contributed by atoms with Gasteiger partial charge in [-0.25, -0.2) is 0 Å². The average molecular weight is 267 g/mol. The Labute approximate surface area is 122 Å². The summed E-state index contributed by atoms with van der Waals surface area (Å²) in [6.07, 6.45) is 3.82. The molecule has 3 rings (SSSR count). The molecule has 2 unspecified atom stereocenters. The molecular formula is C19H25N. The normalized spacial score (nSPS) is 25.8. The topological polar surface area (TPSA) is 26.0 Å². The van der Waals surface area contributed by atoms with E-state index >= 15 is 0 Å². The van der Waals surface area contributed by atoms with Crippen molar-refractivity contribution >= 4 is 10.8 Å². The third-order valence-corrected chi connectivity index (χ3v) is 5.06. The number of rotatable bonds is 2. The summed E-state index contributed by atoms with van der Waals surface area (Å²) in [6.45, 7) is 5.61. The Morgan fingerprint density at radius 3 is 2.65 bits per heavy atom. The molecular weight excluding hydrogens is 242 g/mol. The molecule has 2 aromatic rings. The third kappa shape index (κ3) is 2.47. The lowest BCUT2D eigenvalue weighted by atomic mass is 9.64. The molecule has 1 nitrogen and oxygen atoms in total. The van der Waals surface area contributed by atoms with E-state index in [0.29, 0.717) is 17.3 Å². The molecule has 0 saturated heterocycles. The Morgan fingerprint density at radius 2 is 1.85 bits per heavy atom. The zero-order valence-electron chi connectivity index (χ0n) is 12.6. The van der Waals surface area contributed by atoms with Gasteiger partial charge < -0.3 is 5.73 Å². The smallest absolute Gasteiger partial charge is 0.00430 e. The van der Waals surface area contributed by atoms with Crippen molar-refractivity contribution in [1.82, 2.24) is 0 Å². The second-order valence-electron chi connectivity index (χ2n) is 7.08. The van der Waals surface area contributed by atoms with E-state index in [0.717, 1.165) is 6.54 Å². The minimum Gasteiger partial charge on any atom is -0.330 e. The van der Waals surface area contributed by atoms with Crippen LogP contribution in [0.2, 0.25) is 0 Å². The van der Waals surface area contributed by atoms with Crippen molar-refractivity contribution in [3.63, 3.8) is 0 Å².